The Balaban J connectivity index is 2.25. The van der Waals surface area contributed by atoms with E-state index in [1.807, 2.05) is 0 Å². The molecule has 0 radical (unpaired) electrons. The number of nitrogens with zero attached hydrogens (tertiary/aromatic N) is 2. The van der Waals surface area contributed by atoms with Crippen LogP contribution in [0.25, 0.3) is 0 Å². The SMILES string of the molecule is Cc1ccc(F)c(C(=O)N(CC/C(N)=N/O)C2CC2)c1F. The molecule has 21 heavy (non-hydrogen) atoms. The maximum Gasteiger partial charge on any atom is 0.260 e. The second-order valence-corrected chi connectivity index (χ2v) is 5.12. The molecule has 1 fully saturated rings. The zero-order valence-corrected chi connectivity index (χ0v) is 11.6. The Hall–Kier alpha value is -2.18. The summed E-state index contributed by atoms with van der Waals surface area (Å²) in [5, 5.41) is 11.4. The first-order valence-electron chi connectivity index (χ1n) is 6.67. The molecule has 0 atom stereocenters. The fourth-order valence-electron chi connectivity index (χ4n) is 2.12. The van der Waals surface area contributed by atoms with Crippen LogP contribution in [0.3, 0.4) is 0 Å². The standard InChI is InChI=1S/C14H17F2N3O2/c1-8-2-5-10(15)12(13(8)16)14(20)19(9-3-4-9)7-6-11(17)18-21/h2,5,9,21H,3-4,6-7H2,1H3,(H2,17,18). The Morgan fingerprint density at radius 3 is 2.71 bits per heavy atom. The number of amides is 1. The van der Waals surface area contributed by atoms with E-state index in [0.29, 0.717) is 0 Å². The molecule has 1 amide bonds. The van der Waals surface area contributed by atoms with E-state index < -0.39 is 23.1 Å². The van der Waals surface area contributed by atoms with Crippen LogP contribution in [-0.4, -0.2) is 34.4 Å². The molecule has 3 N–H and O–H groups in total. The number of amidine groups is 1. The number of hydrogen-bond acceptors (Lipinski definition) is 3. The minimum atomic E-state index is -0.877. The van der Waals surface area contributed by atoms with Crippen LogP contribution in [-0.2, 0) is 0 Å². The van der Waals surface area contributed by atoms with Gasteiger partial charge in [-0.05, 0) is 31.4 Å². The van der Waals surface area contributed by atoms with Crippen molar-refractivity contribution in [3.05, 3.63) is 34.9 Å². The highest BCUT2D eigenvalue weighted by atomic mass is 19.1. The lowest BCUT2D eigenvalue weighted by atomic mass is 10.1. The van der Waals surface area contributed by atoms with E-state index in [2.05, 4.69) is 5.16 Å². The lowest BCUT2D eigenvalue weighted by Gasteiger charge is -2.23. The van der Waals surface area contributed by atoms with Crippen molar-refractivity contribution in [2.24, 2.45) is 10.9 Å². The van der Waals surface area contributed by atoms with Crippen LogP contribution >= 0.6 is 0 Å². The summed E-state index contributed by atoms with van der Waals surface area (Å²) in [5.41, 5.74) is 5.05. The van der Waals surface area contributed by atoms with Gasteiger partial charge in [0.05, 0.1) is 0 Å². The number of carbonyl (C=O) groups excluding carboxylic acids is 1. The Morgan fingerprint density at radius 1 is 1.48 bits per heavy atom. The van der Waals surface area contributed by atoms with Crippen LogP contribution in [0.4, 0.5) is 8.78 Å². The van der Waals surface area contributed by atoms with Gasteiger partial charge in [-0.3, -0.25) is 4.79 Å². The molecular weight excluding hydrogens is 280 g/mol. The van der Waals surface area contributed by atoms with Gasteiger partial charge in [-0.25, -0.2) is 8.78 Å². The van der Waals surface area contributed by atoms with Crippen LogP contribution in [0.2, 0.25) is 0 Å². The highest BCUT2D eigenvalue weighted by molar-refractivity contribution is 5.95. The number of aryl methyl sites for hydroxylation is 1. The second-order valence-electron chi connectivity index (χ2n) is 5.12. The van der Waals surface area contributed by atoms with Gasteiger partial charge in [0, 0.05) is 19.0 Å². The van der Waals surface area contributed by atoms with E-state index in [0.717, 1.165) is 18.9 Å². The van der Waals surface area contributed by atoms with E-state index in [9.17, 15) is 13.6 Å². The number of hydrogen-bond donors (Lipinski definition) is 2. The third-order valence-electron chi connectivity index (χ3n) is 3.48. The van der Waals surface area contributed by atoms with E-state index in [1.54, 1.807) is 0 Å². The van der Waals surface area contributed by atoms with Gasteiger partial charge in [0.1, 0.15) is 23.0 Å². The first kappa shape index (κ1) is 15.2. The average Bonchev–Trinajstić information content (AvgIpc) is 3.28. The molecule has 0 aliphatic heterocycles. The molecule has 0 heterocycles. The molecule has 0 saturated heterocycles. The summed E-state index contributed by atoms with van der Waals surface area (Å²) in [4.78, 5) is 13.8. The normalized spacial score (nSPS) is 15.1. The van der Waals surface area contributed by atoms with E-state index >= 15 is 0 Å². The van der Waals surface area contributed by atoms with Gasteiger partial charge >= 0.3 is 0 Å². The van der Waals surface area contributed by atoms with Crippen molar-refractivity contribution >= 4 is 11.7 Å². The van der Waals surface area contributed by atoms with Crippen LogP contribution in [0.1, 0.15) is 35.2 Å². The summed E-state index contributed by atoms with van der Waals surface area (Å²) in [6, 6.07) is 2.34. The fourth-order valence-corrected chi connectivity index (χ4v) is 2.12. The van der Waals surface area contributed by atoms with Crippen LogP contribution in [0, 0.1) is 18.6 Å². The largest absolute Gasteiger partial charge is 0.409 e. The molecule has 114 valence electrons. The van der Waals surface area contributed by atoms with Crippen LogP contribution in [0.15, 0.2) is 17.3 Å². The maximum atomic E-state index is 14.0. The fraction of sp³-hybridized carbons (Fsp3) is 0.429. The average molecular weight is 297 g/mol. The molecule has 2 rings (SSSR count). The van der Waals surface area contributed by atoms with Crippen LogP contribution < -0.4 is 5.73 Å². The van der Waals surface area contributed by atoms with Gasteiger partial charge < -0.3 is 15.8 Å². The van der Waals surface area contributed by atoms with Crippen molar-refractivity contribution in [1.82, 2.24) is 4.90 Å². The Kier molecular flexibility index (Phi) is 4.40. The zero-order valence-electron chi connectivity index (χ0n) is 11.6. The van der Waals surface area contributed by atoms with Gasteiger partial charge in [0.2, 0.25) is 0 Å². The second kappa shape index (κ2) is 6.07. The van der Waals surface area contributed by atoms with Gasteiger partial charge in [0.25, 0.3) is 5.91 Å². The highest BCUT2D eigenvalue weighted by Gasteiger charge is 2.35. The number of benzene rings is 1. The zero-order chi connectivity index (χ0) is 15.6. The molecule has 1 aliphatic carbocycles. The summed E-state index contributed by atoms with van der Waals surface area (Å²) < 4.78 is 27.9. The van der Waals surface area contributed by atoms with Gasteiger partial charge in [-0.15, -0.1) is 0 Å². The minimum absolute atomic E-state index is 0.0290. The number of carbonyl (C=O) groups is 1. The monoisotopic (exact) mass is 297 g/mol. The quantitative estimate of drug-likeness (QED) is 0.378. The first-order chi connectivity index (χ1) is 9.95. The summed E-state index contributed by atoms with van der Waals surface area (Å²) in [7, 11) is 0. The molecule has 0 bridgehead atoms. The molecule has 0 spiro atoms. The molecule has 0 unspecified atom stereocenters. The van der Waals surface area contributed by atoms with Crippen molar-refractivity contribution in [1.29, 1.82) is 0 Å². The van der Waals surface area contributed by atoms with Gasteiger partial charge in [-0.2, -0.15) is 0 Å². The van der Waals surface area contributed by atoms with E-state index in [1.165, 1.54) is 17.9 Å². The predicted molar refractivity (Wildman–Crippen MR) is 73.2 cm³/mol. The van der Waals surface area contributed by atoms with Crippen molar-refractivity contribution in [3.8, 4) is 0 Å². The van der Waals surface area contributed by atoms with Gasteiger partial charge in [0.15, 0.2) is 0 Å². The van der Waals surface area contributed by atoms with Crippen LogP contribution in [0.5, 0.6) is 0 Å². The summed E-state index contributed by atoms with van der Waals surface area (Å²) in [6.45, 7) is 1.63. The van der Waals surface area contributed by atoms with Crippen molar-refractivity contribution < 1.29 is 18.8 Å². The molecule has 0 aromatic heterocycles. The Bertz CT molecular complexity index is 586. The van der Waals surface area contributed by atoms with Gasteiger partial charge in [-0.1, -0.05) is 11.2 Å². The number of oxime groups is 1. The topological polar surface area (TPSA) is 78.9 Å². The lowest BCUT2D eigenvalue weighted by Crippen LogP contribution is -2.37. The highest BCUT2D eigenvalue weighted by Crippen LogP contribution is 2.30. The molecular formula is C14H17F2N3O2. The molecule has 5 nitrogen and oxygen atoms in total. The minimum Gasteiger partial charge on any atom is -0.409 e. The van der Waals surface area contributed by atoms with Crippen molar-refractivity contribution in [2.45, 2.75) is 32.2 Å². The third-order valence-corrected chi connectivity index (χ3v) is 3.48. The molecule has 7 heteroatoms. The molecule has 1 aromatic carbocycles. The Labute approximate surface area is 121 Å². The van der Waals surface area contributed by atoms with E-state index in [-0.39, 0.29) is 30.4 Å². The van der Waals surface area contributed by atoms with Crippen molar-refractivity contribution in [2.75, 3.05) is 6.54 Å². The molecule has 1 aliphatic rings. The van der Waals surface area contributed by atoms with Crippen molar-refractivity contribution in [3.63, 3.8) is 0 Å². The third kappa shape index (κ3) is 3.29. The Morgan fingerprint density at radius 2 is 2.14 bits per heavy atom. The predicted octanol–water partition coefficient (Wildman–Crippen LogP) is 2.01. The van der Waals surface area contributed by atoms with E-state index in [4.69, 9.17) is 10.9 Å². The number of nitrogens with two attached hydrogens (primary N) is 1. The molecule has 1 aromatic rings. The molecule has 1 saturated carbocycles. The summed E-state index contributed by atoms with van der Waals surface area (Å²) in [5.74, 6) is -2.44. The smallest absolute Gasteiger partial charge is 0.260 e. The summed E-state index contributed by atoms with van der Waals surface area (Å²) >= 11 is 0. The lowest BCUT2D eigenvalue weighted by molar-refractivity contribution is 0.0737. The summed E-state index contributed by atoms with van der Waals surface area (Å²) in [6.07, 6.45) is 1.72. The first-order valence-corrected chi connectivity index (χ1v) is 6.67. The number of rotatable bonds is 5. The maximum absolute atomic E-state index is 14.0. The number of halogens is 2.